The first-order valence-electron chi connectivity index (χ1n) is 6.68. The predicted molar refractivity (Wildman–Crippen MR) is 66.8 cm³/mol. The highest BCUT2D eigenvalue weighted by molar-refractivity contribution is 5.21. The molecule has 2 atom stereocenters. The number of fused-ring (bicyclic) bond motifs is 2. The Balaban J connectivity index is 0.000000124. The van der Waals surface area contributed by atoms with Crippen LogP contribution in [0.3, 0.4) is 0 Å². The molecule has 0 aromatic carbocycles. The molecule has 0 aromatic rings. The third-order valence-corrected chi connectivity index (χ3v) is 4.23. The van der Waals surface area contributed by atoms with Gasteiger partial charge >= 0.3 is 0 Å². The van der Waals surface area contributed by atoms with Crippen molar-refractivity contribution in [3.05, 3.63) is 24.8 Å². The van der Waals surface area contributed by atoms with Gasteiger partial charge in [0.1, 0.15) is 0 Å². The normalized spacial score (nSPS) is 37.2. The molecule has 3 aliphatic carbocycles. The average Bonchev–Trinajstić information content (AvgIpc) is 2.93. The second-order valence-corrected chi connectivity index (χ2v) is 5.42. The zero-order valence-corrected chi connectivity index (χ0v) is 9.88. The van der Waals surface area contributed by atoms with Crippen molar-refractivity contribution in [2.45, 2.75) is 57.8 Å². The molecule has 15 heavy (non-hydrogen) atoms. The minimum Gasteiger partial charge on any atom is -0.102 e. The van der Waals surface area contributed by atoms with Gasteiger partial charge in [-0.05, 0) is 25.2 Å². The second kappa shape index (κ2) is 5.01. The maximum atomic E-state index is 3.86. The third-order valence-electron chi connectivity index (χ3n) is 4.23. The van der Waals surface area contributed by atoms with Crippen molar-refractivity contribution in [2.75, 3.05) is 0 Å². The Morgan fingerprint density at radius 2 is 1.67 bits per heavy atom. The zero-order valence-electron chi connectivity index (χ0n) is 9.88. The average molecular weight is 204 g/mol. The Morgan fingerprint density at radius 1 is 1.07 bits per heavy atom. The fourth-order valence-electron chi connectivity index (χ4n) is 3.10. The van der Waals surface area contributed by atoms with Crippen molar-refractivity contribution in [1.82, 2.24) is 0 Å². The minimum absolute atomic E-state index is 0.435. The van der Waals surface area contributed by atoms with E-state index in [9.17, 15) is 0 Å². The first-order valence-corrected chi connectivity index (χ1v) is 6.68. The molecule has 84 valence electrons. The summed E-state index contributed by atoms with van der Waals surface area (Å²) in [4.78, 5) is 0. The first-order chi connectivity index (χ1) is 7.35. The summed E-state index contributed by atoms with van der Waals surface area (Å²) >= 11 is 0. The highest BCUT2D eigenvalue weighted by Crippen LogP contribution is 2.49. The maximum absolute atomic E-state index is 3.86. The summed E-state index contributed by atoms with van der Waals surface area (Å²) in [6.07, 6.45) is 19.9. The molecule has 3 aliphatic rings. The maximum Gasteiger partial charge on any atom is 0.00642 e. The fourth-order valence-corrected chi connectivity index (χ4v) is 3.10. The van der Waals surface area contributed by atoms with Crippen LogP contribution in [0, 0.1) is 11.3 Å². The van der Waals surface area contributed by atoms with E-state index in [1.54, 1.807) is 0 Å². The molecule has 0 amide bonds. The molecule has 3 rings (SSSR count). The lowest BCUT2D eigenvalue weighted by molar-refractivity contribution is 0.504. The van der Waals surface area contributed by atoms with Crippen LogP contribution in [0.1, 0.15) is 57.8 Å². The van der Waals surface area contributed by atoms with Crippen LogP contribution in [0.2, 0.25) is 0 Å². The number of hydrogen-bond acceptors (Lipinski definition) is 0. The molecule has 0 saturated heterocycles. The minimum atomic E-state index is 0.435. The topological polar surface area (TPSA) is 0 Å². The molecule has 0 aromatic heterocycles. The summed E-state index contributed by atoms with van der Waals surface area (Å²) in [7, 11) is 0. The fraction of sp³-hybridized carbons (Fsp3) is 0.733. The molecular weight excluding hydrogens is 180 g/mol. The van der Waals surface area contributed by atoms with Crippen LogP contribution in [-0.2, 0) is 0 Å². The van der Waals surface area contributed by atoms with E-state index in [0.717, 1.165) is 5.92 Å². The van der Waals surface area contributed by atoms with Gasteiger partial charge in [-0.3, -0.25) is 0 Å². The van der Waals surface area contributed by atoms with Crippen molar-refractivity contribution >= 4 is 0 Å². The van der Waals surface area contributed by atoms with Gasteiger partial charge in [-0.25, -0.2) is 0 Å². The van der Waals surface area contributed by atoms with E-state index in [1.807, 2.05) is 0 Å². The van der Waals surface area contributed by atoms with Gasteiger partial charge in [0.15, 0.2) is 0 Å². The van der Waals surface area contributed by atoms with Crippen molar-refractivity contribution in [1.29, 1.82) is 0 Å². The monoisotopic (exact) mass is 204 g/mol. The molecular formula is C15H24. The molecule has 2 unspecified atom stereocenters. The van der Waals surface area contributed by atoms with Crippen LogP contribution in [0.5, 0.6) is 0 Å². The highest BCUT2D eigenvalue weighted by Gasteiger charge is 2.37. The van der Waals surface area contributed by atoms with Crippen LogP contribution < -0.4 is 0 Å². The highest BCUT2D eigenvalue weighted by atomic mass is 14.4. The van der Waals surface area contributed by atoms with Gasteiger partial charge in [0.25, 0.3) is 0 Å². The zero-order chi connectivity index (χ0) is 10.6. The smallest absolute Gasteiger partial charge is 0.00642 e. The van der Waals surface area contributed by atoms with Crippen LogP contribution >= 0.6 is 0 Å². The van der Waals surface area contributed by atoms with E-state index in [2.05, 4.69) is 24.8 Å². The molecule has 0 aliphatic heterocycles. The Kier molecular flexibility index (Phi) is 3.66. The predicted octanol–water partition coefficient (Wildman–Crippen LogP) is 4.87. The molecule has 0 heterocycles. The van der Waals surface area contributed by atoms with Gasteiger partial charge < -0.3 is 0 Å². The lowest BCUT2D eigenvalue weighted by Crippen LogP contribution is -2.05. The van der Waals surface area contributed by atoms with Gasteiger partial charge in [0, 0.05) is 5.41 Å². The van der Waals surface area contributed by atoms with E-state index in [4.69, 9.17) is 0 Å². The van der Waals surface area contributed by atoms with Crippen LogP contribution in [-0.4, -0.2) is 0 Å². The van der Waals surface area contributed by atoms with Gasteiger partial charge in [0.2, 0.25) is 0 Å². The van der Waals surface area contributed by atoms with Crippen molar-refractivity contribution in [2.24, 2.45) is 11.3 Å². The standard InChI is InChI=1S/C9H12.C6H12/c1-2-9-5-3-8(7-9)4-6-9;1-2-4-6-5-3-1/h2-3,5,8H,1,4,6-7H2;1-6H2. The van der Waals surface area contributed by atoms with E-state index in [1.165, 1.54) is 57.8 Å². The van der Waals surface area contributed by atoms with Crippen LogP contribution in [0.4, 0.5) is 0 Å². The van der Waals surface area contributed by atoms with Crippen molar-refractivity contribution < 1.29 is 0 Å². The quantitative estimate of drug-likeness (QED) is 0.535. The van der Waals surface area contributed by atoms with Gasteiger partial charge in [-0.2, -0.15) is 0 Å². The largest absolute Gasteiger partial charge is 0.102 e. The number of allylic oxidation sites excluding steroid dienone is 3. The van der Waals surface area contributed by atoms with Crippen molar-refractivity contribution in [3.63, 3.8) is 0 Å². The summed E-state index contributed by atoms with van der Waals surface area (Å²) in [5, 5.41) is 0. The number of hydrogen-bond donors (Lipinski definition) is 0. The Morgan fingerprint density at radius 3 is 1.87 bits per heavy atom. The van der Waals surface area contributed by atoms with E-state index >= 15 is 0 Å². The summed E-state index contributed by atoms with van der Waals surface area (Å²) < 4.78 is 0. The van der Waals surface area contributed by atoms with Crippen LogP contribution in [0.25, 0.3) is 0 Å². The Hall–Kier alpha value is -0.520. The lowest BCUT2D eigenvalue weighted by atomic mass is 9.88. The van der Waals surface area contributed by atoms with E-state index in [0.29, 0.717) is 5.41 Å². The molecule has 2 fully saturated rings. The van der Waals surface area contributed by atoms with Gasteiger partial charge in [0.05, 0.1) is 0 Å². The molecule has 2 saturated carbocycles. The first kappa shape index (κ1) is 11.0. The molecule has 0 N–H and O–H groups in total. The summed E-state index contributed by atoms with van der Waals surface area (Å²) in [5.74, 6) is 0.892. The summed E-state index contributed by atoms with van der Waals surface area (Å²) in [6.45, 7) is 3.86. The van der Waals surface area contributed by atoms with Gasteiger partial charge in [-0.15, -0.1) is 6.58 Å². The second-order valence-electron chi connectivity index (χ2n) is 5.42. The van der Waals surface area contributed by atoms with E-state index in [-0.39, 0.29) is 0 Å². The molecule has 0 spiro atoms. The Bertz CT molecular complexity index is 223. The lowest BCUT2D eigenvalue weighted by Gasteiger charge is -2.16. The van der Waals surface area contributed by atoms with Gasteiger partial charge in [-0.1, -0.05) is 56.8 Å². The number of rotatable bonds is 1. The molecule has 0 radical (unpaired) electrons. The van der Waals surface area contributed by atoms with Crippen LogP contribution in [0.15, 0.2) is 24.8 Å². The summed E-state index contributed by atoms with van der Waals surface area (Å²) in [5.41, 5.74) is 0.435. The summed E-state index contributed by atoms with van der Waals surface area (Å²) in [6, 6.07) is 0. The molecule has 0 nitrogen and oxygen atoms in total. The Labute approximate surface area is 94.5 Å². The van der Waals surface area contributed by atoms with Crippen molar-refractivity contribution in [3.8, 4) is 0 Å². The molecule has 0 heteroatoms. The van der Waals surface area contributed by atoms with E-state index < -0.39 is 0 Å². The SMILES string of the molecule is C1CCCCC1.C=CC12C=CC(CC1)C2. The molecule has 2 bridgehead atoms. The third kappa shape index (κ3) is 2.74.